The van der Waals surface area contributed by atoms with Crippen molar-refractivity contribution in [3.63, 3.8) is 0 Å². The number of rotatable bonds is 5. The van der Waals surface area contributed by atoms with Crippen molar-refractivity contribution >= 4 is 0 Å². The first-order valence-corrected chi connectivity index (χ1v) is 4.93. The first-order chi connectivity index (χ1) is 7.65. The molecule has 0 spiro atoms. The molecule has 0 amide bonds. The number of nitrogens with zero attached hydrogens (tertiary/aromatic N) is 4. The van der Waals surface area contributed by atoms with Crippen LogP contribution in [0.15, 0.2) is 23.6 Å². The number of aliphatic hydroxyl groups excluding tert-OH is 2. The van der Waals surface area contributed by atoms with Crippen molar-refractivity contribution in [3.05, 3.63) is 40.0 Å². The maximum absolute atomic E-state index is 9.79. The Morgan fingerprint density at radius 2 is 2.25 bits per heavy atom. The highest BCUT2D eigenvalue weighted by atomic mass is 16.3. The van der Waals surface area contributed by atoms with Crippen molar-refractivity contribution in [2.45, 2.75) is 25.6 Å². The molecule has 1 heterocycles. The van der Waals surface area contributed by atoms with E-state index in [2.05, 4.69) is 15.0 Å². The van der Waals surface area contributed by atoms with E-state index < -0.39 is 12.2 Å². The largest absolute Gasteiger partial charge is 0.390 e. The Kier molecular flexibility index (Phi) is 4.72. The van der Waals surface area contributed by atoms with Crippen LogP contribution >= 0.6 is 0 Å². The van der Waals surface area contributed by atoms with E-state index in [-0.39, 0.29) is 13.0 Å². The zero-order valence-corrected chi connectivity index (χ0v) is 8.98. The number of azide groups is 1. The second kappa shape index (κ2) is 6.07. The quantitative estimate of drug-likeness (QED) is 0.448. The molecule has 0 saturated heterocycles. The predicted molar refractivity (Wildman–Crippen MR) is 58.6 cm³/mol. The van der Waals surface area contributed by atoms with Crippen LogP contribution in [0.1, 0.15) is 23.7 Å². The van der Waals surface area contributed by atoms with Gasteiger partial charge in [-0.15, -0.1) is 0 Å². The van der Waals surface area contributed by atoms with Crippen LogP contribution in [0, 0.1) is 6.92 Å². The molecule has 2 N–H and O–H groups in total. The van der Waals surface area contributed by atoms with Crippen LogP contribution in [0.3, 0.4) is 0 Å². The molecule has 0 aliphatic heterocycles. The van der Waals surface area contributed by atoms with Crippen LogP contribution < -0.4 is 0 Å². The van der Waals surface area contributed by atoms with Gasteiger partial charge in [-0.2, -0.15) is 0 Å². The van der Waals surface area contributed by atoms with Crippen LogP contribution in [0.2, 0.25) is 0 Å². The Hall–Kier alpha value is -1.62. The molecule has 0 saturated carbocycles. The lowest BCUT2D eigenvalue weighted by molar-refractivity contribution is 0.0148. The molecule has 0 aromatic carbocycles. The average molecular weight is 222 g/mol. The van der Waals surface area contributed by atoms with Crippen molar-refractivity contribution < 1.29 is 10.2 Å². The molecule has 2 unspecified atom stereocenters. The SMILES string of the molecule is Cc1cncc(C(O)C(O)CCN=[N+]=[N-])c1. The van der Waals surface area contributed by atoms with Gasteiger partial charge in [0.05, 0.1) is 6.10 Å². The molecule has 1 aromatic heterocycles. The molecule has 2 atom stereocenters. The summed E-state index contributed by atoms with van der Waals surface area (Å²) in [4.78, 5) is 6.50. The molecule has 1 aromatic rings. The fourth-order valence-electron chi connectivity index (χ4n) is 1.35. The third kappa shape index (κ3) is 3.51. The molecule has 0 aliphatic rings. The summed E-state index contributed by atoms with van der Waals surface area (Å²) >= 11 is 0. The predicted octanol–water partition coefficient (Wildman–Crippen LogP) is 1.48. The van der Waals surface area contributed by atoms with Gasteiger partial charge in [-0.3, -0.25) is 4.98 Å². The Balaban J connectivity index is 2.62. The molecule has 0 bridgehead atoms. The highest BCUT2D eigenvalue weighted by molar-refractivity contribution is 5.19. The fourth-order valence-corrected chi connectivity index (χ4v) is 1.35. The molecular weight excluding hydrogens is 208 g/mol. The molecular formula is C10H14N4O2. The van der Waals surface area contributed by atoms with E-state index in [4.69, 9.17) is 5.53 Å². The summed E-state index contributed by atoms with van der Waals surface area (Å²) in [6, 6.07) is 1.76. The van der Waals surface area contributed by atoms with Gasteiger partial charge >= 0.3 is 0 Å². The molecule has 6 nitrogen and oxygen atoms in total. The standard InChI is InChI=1S/C10H14N4O2/c1-7-4-8(6-12-5-7)10(16)9(15)2-3-13-14-11/h4-6,9-10,15-16H,2-3H2,1H3. The van der Waals surface area contributed by atoms with E-state index in [9.17, 15) is 10.2 Å². The highest BCUT2D eigenvalue weighted by Crippen LogP contribution is 2.18. The molecule has 6 heteroatoms. The van der Waals surface area contributed by atoms with E-state index in [1.54, 1.807) is 12.3 Å². The van der Waals surface area contributed by atoms with E-state index in [1.165, 1.54) is 6.20 Å². The Morgan fingerprint density at radius 1 is 1.50 bits per heavy atom. The number of aromatic nitrogens is 1. The average Bonchev–Trinajstić information content (AvgIpc) is 2.28. The minimum atomic E-state index is -0.999. The summed E-state index contributed by atoms with van der Waals surface area (Å²) in [5, 5.41) is 22.7. The van der Waals surface area contributed by atoms with Crippen LogP contribution in [-0.2, 0) is 0 Å². The van der Waals surface area contributed by atoms with Crippen LogP contribution in [0.5, 0.6) is 0 Å². The van der Waals surface area contributed by atoms with Crippen LogP contribution in [-0.4, -0.2) is 27.8 Å². The van der Waals surface area contributed by atoms with Gasteiger partial charge in [-0.25, -0.2) is 0 Å². The Morgan fingerprint density at radius 3 is 2.88 bits per heavy atom. The van der Waals surface area contributed by atoms with Crippen molar-refractivity contribution in [2.24, 2.45) is 5.11 Å². The second-order valence-corrected chi connectivity index (χ2v) is 3.55. The minimum Gasteiger partial charge on any atom is -0.390 e. The van der Waals surface area contributed by atoms with E-state index in [0.29, 0.717) is 5.56 Å². The molecule has 0 radical (unpaired) electrons. The highest BCUT2D eigenvalue weighted by Gasteiger charge is 2.17. The first kappa shape index (κ1) is 12.4. The van der Waals surface area contributed by atoms with E-state index >= 15 is 0 Å². The molecule has 0 fully saturated rings. The summed E-state index contributed by atoms with van der Waals surface area (Å²) in [5.74, 6) is 0. The first-order valence-electron chi connectivity index (χ1n) is 4.93. The topological polar surface area (TPSA) is 102 Å². The smallest absolute Gasteiger partial charge is 0.106 e. The third-order valence-electron chi connectivity index (χ3n) is 2.19. The van der Waals surface area contributed by atoms with Gasteiger partial charge in [0.15, 0.2) is 0 Å². The normalized spacial score (nSPS) is 13.9. The number of pyridine rings is 1. The summed E-state index contributed by atoms with van der Waals surface area (Å²) in [6.07, 6.45) is 1.45. The van der Waals surface area contributed by atoms with Crippen molar-refractivity contribution in [1.29, 1.82) is 0 Å². The molecule has 0 aliphatic carbocycles. The number of hydrogen-bond donors (Lipinski definition) is 2. The summed E-state index contributed by atoms with van der Waals surface area (Å²) in [7, 11) is 0. The zero-order valence-electron chi connectivity index (χ0n) is 8.98. The van der Waals surface area contributed by atoms with E-state index in [1.807, 2.05) is 6.92 Å². The summed E-state index contributed by atoms with van der Waals surface area (Å²) < 4.78 is 0. The lowest BCUT2D eigenvalue weighted by Crippen LogP contribution is -2.19. The van der Waals surface area contributed by atoms with Crippen molar-refractivity contribution in [3.8, 4) is 0 Å². The van der Waals surface area contributed by atoms with Crippen LogP contribution in [0.4, 0.5) is 0 Å². The van der Waals surface area contributed by atoms with Gasteiger partial charge in [-0.05, 0) is 24.4 Å². The Labute approximate surface area is 93.2 Å². The summed E-state index contributed by atoms with van der Waals surface area (Å²) in [6.45, 7) is 2.02. The molecule has 1 rings (SSSR count). The minimum absolute atomic E-state index is 0.161. The fraction of sp³-hybridized carbons (Fsp3) is 0.500. The van der Waals surface area contributed by atoms with Gasteiger partial charge in [-0.1, -0.05) is 11.2 Å². The Bertz CT molecular complexity index is 390. The van der Waals surface area contributed by atoms with Gasteiger partial charge in [0.2, 0.25) is 0 Å². The summed E-state index contributed by atoms with van der Waals surface area (Å²) in [5.41, 5.74) is 9.55. The third-order valence-corrected chi connectivity index (χ3v) is 2.19. The zero-order chi connectivity index (χ0) is 12.0. The van der Waals surface area contributed by atoms with E-state index in [0.717, 1.165) is 5.56 Å². The van der Waals surface area contributed by atoms with Gasteiger partial charge in [0, 0.05) is 29.4 Å². The van der Waals surface area contributed by atoms with Crippen molar-refractivity contribution in [1.82, 2.24) is 4.98 Å². The second-order valence-electron chi connectivity index (χ2n) is 3.55. The van der Waals surface area contributed by atoms with Gasteiger partial charge < -0.3 is 10.2 Å². The molecule has 16 heavy (non-hydrogen) atoms. The van der Waals surface area contributed by atoms with Crippen molar-refractivity contribution in [2.75, 3.05) is 6.54 Å². The van der Waals surface area contributed by atoms with Gasteiger partial charge in [0.1, 0.15) is 6.10 Å². The monoisotopic (exact) mass is 222 g/mol. The number of hydrogen-bond acceptors (Lipinski definition) is 4. The lowest BCUT2D eigenvalue weighted by Gasteiger charge is -2.17. The maximum Gasteiger partial charge on any atom is 0.106 e. The van der Waals surface area contributed by atoms with Crippen LogP contribution in [0.25, 0.3) is 10.4 Å². The molecule has 86 valence electrons. The lowest BCUT2D eigenvalue weighted by atomic mass is 10.0. The number of aryl methyl sites for hydroxylation is 1. The maximum atomic E-state index is 9.79. The number of aliphatic hydroxyl groups is 2. The van der Waals surface area contributed by atoms with Gasteiger partial charge in [0.25, 0.3) is 0 Å².